The van der Waals surface area contributed by atoms with Crippen molar-refractivity contribution in [2.24, 2.45) is 0 Å². The van der Waals surface area contributed by atoms with Gasteiger partial charge in [0.05, 0.1) is 24.1 Å². The summed E-state index contributed by atoms with van der Waals surface area (Å²) in [6.07, 6.45) is 7.89. The summed E-state index contributed by atoms with van der Waals surface area (Å²) in [6, 6.07) is 1.91. The minimum absolute atomic E-state index is 0.000876. The van der Waals surface area contributed by atoms with Gasteiger partial charge in [-0.2, -0.15) is 0 Å². The molecule has 3 heterocycles. The molecule has 0 saturated carbocycles. The van der Waals surface area contributed by atoms with Gasteiger partial charge in [0.15, 0.2) is 0 Å². The fourth-order valence-corrected chi connectivity index (χ4v) is 1.89. The maximum Gasteiger partial charge on any atom is 0.257 e. The van der Waals surface area contributed by atoms with Gasteiger partial charge in [-0.1, -0.05) is 0 Å². The number of carbonyl (C=O) groups is 1. The number of nitrogens with one attached hydrogen (secondary N) is 1. The smallest absolute Gasteiger partial charge is 0.257 e. The van der Waals surface area contributed by atoms with Crippen LogP contribution in [0.2, 0.25) is 0 Å². The van der Waals surface area contributed by atoms with Crippen LogP contribution < -0.4 is 5.32 Å². The predicted octanol–water partition coefficient (Wildman–Crippen LogP) is 1.01. The minimum atomic E-state index is 0.000876. The molecule has 0 aromatic carbocycles. The summed E-state index contributed by atoms with van der Waals surface area (Å²) in [5.74, 6) is 0.735. The molecule has 1 N–H and O–H groups in total. The first-order chi connectivity index (χ1) is 8.83. The molecule has 2 aromatic heterocycles. The average Bonchev–Trinajstić information content (AvgIpc) is 2.87. The van der Waals surface area contributed by atoms with E-state index in [0.717, 1.165) is 5.82 Å². The third-order valence-electron chi connectivity index (χ3n) is 2.85. The first-order valence-electron chi connectivity index (χ1n) is 5.67. The molecule has 0 aliphatic carbocycles. The van der Waals surface area contributed by atoms with Crippen LogP contribution in [0.5, 0.6) is 0 Å². The number of anilines is 1. The van der Waals surface area contributed by atoms with Crippen LogP contribution in [0.3, 0.4) is 0 Å². The van der Waals surface area contributed by atoms with Crippen molar-refractivity contribution in [1.29, 1.82) is 0 Å². The van der Waals surface area contributed by atoms with Crippen molar-refractivity contribution < 1.29 is 9.21 Å². The molecule has 2 aromatic rings. The lowest BCUT2D eigenvalue weighted by molar-refractivity contribution is 0.0624. The van der Waals surface area contributed by atoms with E-state index in [1.807, 2.05) is 0 Å². The number of hydrogen-bond donors (Lipinski definition) is 1. The molecule has 0 bridgehead atoms. The van der Waals surface area contributed by atoms with Gasteiger partial charge in [-0.25, -0.2) is 4.98 Å². The summed E-state index contributed by atoms with van der Waals surface area (Å²) in [5.41, 5.74) is 0.591. The van der Waals surface area contributed by atoms with E-state index in [0.29, 0.717) is 18.7 Å². The molecule has 3 rings (SSSR count). The van der Waals surface area contributed by atoms with Crippen molar-refractivity contribution in [2.45, 2.75) is 6.04 Å². The fourth-order valence-electron chi connectivity index (χ4n) is 1.89. The molecule has 1 amide bonds. The molecular formula is C12H12N4O2. The van der Waals surface area contributed by atoms with Crippen molar-refractivity contribution in [3.63, 3.8) is 0 Å². The molecule has 1 saturated heterocycles. The highest BCUT2D eigenvalue weighted by Crippen LogP contribution is 2.16. The fraction of sp³-hybridized carbons (Fsp3) is 0.250. The number of rotatable bonds is 3. The summed E-state index contributed by atoms with van der Waals surface area (Å²) >= 11 is 0. The van der Waals surface area contributed by atoms with E-state index in [4.69, 9.17) is 4.42 Å². The second-order valence-corrected chi connectivity index (χ2v) is 4.15. The van der Waals surface area contributed by atoms with Gasteiger partial charge in [-0.15, -0.1) is 0 Å². The van der Waals surface area contributed by atoms with Crippen molar-refractivity contribution in [1.82, 2.24) is 14.9 Å². The topological polar surface area (TPSA) is 71.3 Å². The molecule has 1 aliphatic heterocycles. The maximum absolute atomic E-state index is 11.9. The lowest BCUT2D eigenvalue weighted by Gasteiger charge is -2.39. The number of nitrogens with zero attached hydrogens (tertiary/aromatic N) is 3. The Morgan fingerprint density at radius 3 is 3.00 bits per heavy atom. The Balaban J connectivity index is 1.53. The van der Waals surface area contributed by atoms with Crippen LogP contribution >= 0.6 is 0 Å². The molecule has 1 fully saturated rings. The monoisotopic (exact) mass is 244 g/mol. The first-order valence-corrected chi connectivity index (χ1v) is 5.67. The van der Waals surface area contributed by atoms with Crippen molar-refractivity contribution in [3.05, 3.63) is 42.7 Å². The Bertz CT molecular complexity index is 520. The van der Waals surface area contributed by atoms with Crippen LogP contribution in [0.15, 0.2) is 41.6 Å². The molecule has 6 nitrogen and oxygen atoms in total. The second kappa shape index (κ2) is 4.48. The number of furan rings is 1. The largest absolute Gasteiger partial charge is 0.472 e. The normalized spacial score (nSPS) is 15.2. The van der Waals surface area contributed by atoms with E-state index in [1.165, 1.54) is 12.5 Å². The molecule has 0 radical (unpaired) electrons. The standard InChI is InChI=1S/C12H12N4O2/c17-12(9-1-4-18-8-9)16-6-10(7-16)15-11-5-13-2-3-14-11/h1-5,8,10H,6-7H2,(H,14,15). The zero-order chi connectivity index (χ0) is 12.4. The van der Waals surface area contributed by atoms with Crippen LogP contribution in [0.4, 0.5) is 5.82 Å². The molecule has 6 heteroatoms. The quantitative estimate of drug-likeness (QED) is 0.872. The average molecular weight is 244 g/mol. The zero-order valence-electron chi connectivity index (χ0n) is 9.61. The number of hydrogen-bond acceptors (Lipinski definition) is 5. The van der Waals surface area contributed by atoms with Crippen LogP contribution in [-0.2, 0) is 0 Å². The predicted molar refractivity (Wildman–Crippen MR) is 64.1 cm³/mol. The summed E-state index contributed by atoms with van der Waals surface area (Å²) < 4.78 is 4.90. The van der Waals surface area contributed by atoms with Crippen LogP contribution in [0.25, 0.3) is 0 Å². The lowest BCUT2D eigenvalue weighted by Crippen LogP contribution is -2.57. The van der Waals surface area contributed by atoms with Gasteiger partial charge in [0.2, 0.25) is 0 Å². The number of likely N-dealkylation sites (tertiary alicyclic amines) is 1. The van der Waals surface area contributed by atoms with Crippen molar-refractivity contribution in [3.8, 4) is 0 Å². The minimum Gasteiger partial charge on any atom is -0.472 e. The van der Waals surface area contributed by atoms with Gasteiger partial charge in [-0.05, 0) is 6.07 Å². The third kappa shape index (κ3) is 2.04. The van der Waals surface area contributed by atoms with E-state index in [-0.39, 0.29) is 11.9 Å². The van der Waals surface area contributed by atoms with Gasteiger partial charge in [-0.3, -0.25) is 9.78 Å². The Hall–Kier alpha value is -2.37. The summed E-state index contributed by atoms with van der Waals surface area (Å²) in [4.78, 5) is 21.8. The third-order valence-corrected chi connectivity index (χ3v) is 2.85. The summed E-state index contributed by atoms with van der Waals surface area (Å²) in [7, 11) is 0. The van der Waals surface area contributed by atoms with Gasteiger partial charge in [0.1, 0.15) is 12.1 Å². The number of amides is 1. The molecular weight excluding hydrogens is 232 g/mol. The highest BCUT2D eigenvalue weighted by Gasteiger charge is 2.31. The summed E-state index contributed by atoms with van der Waals surface area (Å²) in [6.45, 7) is 1.33. The second-order valence-electron chi connectivity index (χ2n) is 4.15. The highest BCUT2D eigenvalue weighted by molar-refractivity contribution is 5.94. The van der Waals surface area contributed by atoms with E-state index >= 15 is 0 Å². The van der Waals surface area contributed by atoms with Crippen LogP contribution in [0, 0.1) is 0 Å². The number of carbonyl (C=O) groups excluding carboxylic acids is 1. The SMILES string of the molecule is O=C(c1ccoc1)N1CC(Nc2cnccn2)C1. The molecule has 0 spiro atoms. The highest BCUT2D eigenvalue weighted by atomic mass is 16.3. The van der Waals surface area contributed by atoms with Crippen molar-refractivity contribution in [2.75, 3.05) is 18.4 Å². The molecule has 0 unspecified atom stereocenters. The Morgan fingerprint density at radius 2 is 2.33 bits per heavy atom. The zero-order valence-corrected chi connectivity index (χ0v) is 9.61. The van der Waals surface area contributed by atoms with Gasteiger partial charge >= 0.3 is 0 Å². The van der Waals surface area contributed by atoms with E-state index in [1.54, 1.807) is 29.6 Å². The van der Waals surface area contributed by atoms with E-state index in [9.17, 15) is 4.79 Å². The summed E-state index contributed by atoms with van der Waals surface area (Å²) in [5, 5.41) is 3.22. The number of aromatic nitrogens is 2. The van der Waals surface area contributed by atoms with Gasteiger partial charge < -0.3 is 14.6 Å². The van der Waals surface area contributed by atoms with Crippen molar-refractivity contribution >= 4 is 11.7 Å². The molecule has 1 aliphatic rings. The maximum atomic E-state index is 11.9. The van der Waals surface area contributed by atoms with Crippen LogP contribution in [0.1, 0.15) is 10.4 Å². The Morgan fingerprint density at radius 1 is 1.44 bits per heavy atom. The Labute approximate surface area is 104 Å². The Kier molecular flexibility index (Phi) is 2.68. The molecule has 18 heavy (non-hydrogen) atoms. The lowest BCUT2D eigenvalue weighted by atomic mass is 10.1. The van der Waals surface area contributed by atoms with E-state index in [2.05, 4.69) is 15.3 Å². The van der Waals surface area contributed by atoms with Gasteiger partial charge in [0, 0.05) is 25.5 Å². The molecule has 92 valence electrons. The van der Waals surface area contributed by atoms with Gasteiger partial charge in [0.25, 0.3) is 5.91 Å². The molecule has 0 atom stereocenters. The first kappa shape index (κ1) is 10.8. The van der Waals surface area contributed by atoms with E-state index < -0.39 is 0 Å². The van der Waals surface area contributed by atoms with Crippen LogP contribution in [-0.4, -0.2) is 39.9 Å².